The molecule has 2 N–H and O–H groups in total. The molecule has 0 heterocycles. The summed E-state index contributed by atoms with van der Waals surface area (Å²) in [4.78, 5) is 11.4. The minimum atomic E-state index is -3.70. The summed E-state index contributed by atoms with van der Waals surface area (Å²) in [7, 11) is -3.70. The number of carbonyl (C=O) groups excluding carboxylic acids is 1. The van der Waals surface area contributed by atoms with Crippen LogP contribution in [-0.2, 0) is 14.8 Å². The predicted molar refractivity (Wildman–Crippen MR) is 74.6 cm³/mol. The van der Waals surface area contributed by atoms with E-state index in [0.717, 1.165) is 12.8 Å². The van der Waals surface area contributed by atoms with E-state index in [1.807, 2.05) is 6.92 Å². The van der Waals surface area contributed by atoms with Gasteiger partial charge in [0.05, 0.1) is 11.4 Å². The van der Waals surface area contributed by atoms with Gasteiger partial charge < -0.3 is 5.32 Å². The zero-order valence-electron chi connectivity index (χ0n) is 10.6. The first-order chi connectivity index (χ1) is 8.95. The van der Waals surface area contributed by atoms with Crippen LogP contribution in [0.25, 0.3) is 0 Å². The first kappa shape index (κ1) is 15.9. The van der Waals surface area contributed by atoms with Gasteiger partial charge in [0, 0.05) is 11.6 Å². The molecule has 0 spiro atoms. The van der Waals surface area contributed by atoms with Crippen LogP contribution >= 0.6 is 11.6 Å². The van der Waals surface area contributed by atoms with Gasteiger partial charge in [0.2, 0.25) is 15.9 Å². The van der Waals surface area contributed by atoms with E-state index in [1.165, 1.54) is 18.2 Å². The molecule has 0 bridgehead atoms. The van der Waals surface area contributed by atoms with Gasteiger partial charge in [0.15, 0.2) is 0 Å². The van der Waals surface area contributed by atoms with Crippen molar-refractivity contribution in [3.8, 4) is 0 Å². The monoisotopic (exact) mass is 304 g/mol. The maximum Gasteiger partial charge on any atom is 0.241 e. The molecule has 0 saturated heterocycles. The van der Waals surface area contributed by atoms with Gasteiger partial charge in [-0.2, -0.15) is 0 Å². The molecule has 7 heteroatoms. The van der Waals surface area contributed by atoms with Crippen LogP contribution in [0.5, 0.6) is 0 Å². The fourth-order valence-electron chi connectivity index (χ4n) is 1.35. The number of unbranched alkanes of at least 4 members (excludes halogenated alkanes) is 1. The number of rotatable bonds is 7. The Kier molecular flexibility index (Phi) is 6.27. The summed E-state index contributed by atoms with van der Waals surface area (Å²) in [6.07, 6.45) is 1.83. The minimum absolute atomic E-state index is 0.0429. The van der Waals surface area contributed by atoms with Crippen LogP contribution < -0.4 is 10.0 Å². The molecule has 1 aromatic rings. The van der Waals surface area contributed by atoms with Crippen molar-refractivity contribution in [3.63, 3.8) is 0 Å². The molecule has 19 heavy (non-hydrogen) atoms. The van der Waals surface area contributed by atoms with Gasteiger partial charge >= 0.3 is 0 Å². The predicted octanol–water partition coefficient (Wildman–Crippen LogP) is 1.53. The highest BCUT2D eigenvalue weighted by atomic mass is 35.5. The van der Waals surface area contributed by atoms with Crippen LogP contribution in [0.4, 0.5) is 0 Å². The zero-order valence-corrected chi connectivity index (χ0v) is 12.2. The molecule has 0 saturated carbocycles. The molecule has 0 unspecified atom stereocenters. The summed E-state index contributed by atoms with van der Waals surface area (Å²) in [5.74, 6) is -0.348. The fourth-order valence-corrected chi connectivity index (χ4v) is 2.63. The van der Waals surface area contributed by atoms with E-state index in [-0.39, 0.29) is 17.3 Å². The lowest BCUT2D eigenvalue weighted by Crippen LogP contribution is -2.37. The molecule has 0 radical (unpaired) electrons. The number of carbonyl (C=O) groups is 1. The highest BCUT2D eigenvalue weighted by molar-refractivity contribution is 7.89. The lowest BCUT2D eigenvalue weighted by molar-refractivity contribution is -0.119. The maximum atomic E-state index is 11.9. The van der Waals surface area contributed by atoms with Crippen LogP contribution in [0.15, 0.2) is 29.2 Å². The van der Waals surface area contributed by atoms with E-state index in [4.69, 9.17) is 11.6 Å². The third-order valence-electron chi connectivity index (χ3n) is 2.38. The normalized spacial score (nSPS) is 11.3. The number of amides is 1. The van der Waals surface area contributed by atoms with Gasteiger partial charge in [0.25, 0.3) is 0 Å². The Balaban J connectivity index is 2.54. The van der Waals surface area contributed by atoms with Crippen molar-refractivity contribution in [2.45, 2.75) is 24.7 Å². The fraction of sp³-hybridized carbons (Fsp3) is 0.417. The zero-order chi connectivity index (χ0) is 14.3. The smallest absolute Gasteiger partial charge is 0.241 e. The van der Waals surface area contributed by atoms with Crippen molar-refractivity contribution in [1.29, 1.82) is 0 Å². The summed E-state index contributed by atoms with van der Waals surface area (Å²) < 4.78 is 26.0. The van der Waals surface area contributed by atoms with E-state index >= 15 is 0 Å². The molecule has 0 aliphatic heterocycles. The van der Waals surface area contributed by atoms with E-state index < -0.39 is 10.0 Å². The van der Waals surface area contributed by atoms with Crippen LogP contribution in [0.3, 0.4) is 0 Å². The highest BCUT2D eigenvalue weighted by Gasteiger charge is 2.15. The van der Waals surface area contributed by atoms with E-state index in [9.17, 15) is 13.2 Å². The van der Waals surface area contributed by atoms with Crippen LogP contribution in [0.2, 0.25) is 5.02 Å². The second kappa shape index (κ2) is 7.47. The summed E-state index contributed by atoms with van der Waals surface area (Å²) in [6.45, 7) is 2.28. The first-order valence-electron chi connectivity index (χ1n) is 5.97. The Labute approximate surface area is 118 Å². The van der Waals surface area contributed by atoms with Crippen LogP contribution in [0.1, 0.15) is 19.8 Å². The van der Waals surface area contributed by atoms with E-state index in [1.54, 1.807) is 6.07 Å². The second-order valence-electron chi connectivity index (χ2n) is 3.99. The Morgan fingerprint density at radius 1 is 1.37 bits per heavy atom. The number of halogens is 1. The minimum Gasteiger partial charge on any atom is -0.355 e. The van der Waals surface area contributed by atoms with Gasteiger partial charge in [-0.3, -0.25) is 4.79 Å². The van der Waals surface area contributed by atoms with Gasteiger partial charge in [0.1, 0.15) is 0 Å². The Morgan fingerprint density at radius 3 is 2.74 bits per heavy atom. The van der Waals surface area contributed by atoms with E-state index in [0.29, 0.717) is 11.6 Å². The molecular formula is C12H17ClN2O3S. The Morgan fingerprint density at radius 2 is 2.11 bits per heavy atom. The topological polar surface area (TPSA) is 75.3 Å². The van der Waals surface area contributed by atoms with Crippen molar-refractivity contribution in [2.24, 2.45) is 0 Å². The Hall–Kier alpha value is -1.11. The number of sulfonamides is 1. The standard InChI is InChI=1S/C12H17ClN2O3S/c1-2-3-7-14-12(16)9-15-19(17,18)11-6-4-5-10(13)8-11/h4-6,8,15H,2-3,7,9H2,1H3,(H,14,16). The first-order valence-corrected chi connectivity index (χ1v) is 7.83. The molecule has 106 valence electrons. The molecular weight excluding hydrogens is 288 g/mol. The second-order valence-corrected chi connectivity index (χ2v) is 6.19. The molecule has 0 aliphatic carbocycles. The number of hydrogen-bond donors (Lipinski definition) is 2. The lowest BCUT2D eigenvalue weighted by Gasteiger charge is -2.07. The maximum absolute atomic E-state index is 11.9. The van der Waals surface area contributed by atoms with Crippen molar-refractivity contribution in [1.82, 2.24) is 10.0 Å². The van der Waals surface area contributed by atoms with Crippen LogP contribution in [0, 0.1) is 0 Å². The van der Waals surface area contributed by atoms with Gasteiger partial charge in [-0.1, -0.05) is 31.0 Å². The molecule has 0 fully saturated rings. The molecule has 0 atom stereocenters. The summed E-state index contributed by atoms with van der Waals surface area (Å²) >= 11 is 5.73. The average Bonchev–Trinajstić information content (AvgIpc) is 2.37. The third kappa shape index (κ3) is 5.59. The molecule has 1 rings (SSSR count). The molecule has 0 aliphatic rings. The lowest BCUT2D eigenvalue weighted by atomic mass is 10.3. The number of nitrogens with one attached hydrogen (secondary N) is 2. The molecule has 1 aromatic carbocycles. The summed E-state index contributed by atoms with van der Waals surface area (Å²) in [5.41, 5.74) is 0. The average molecular weight is 305 g/mol. The molecule has 5 nitrogen and oxygen atoms in total. The van der Waals surface area contributed by atoms with Crippen molar-refractivity contribution >= 4 is 27.5 Å². The van der Waals surface area contributed by atoms with Gasteiger partial charge in [-0.05, 0) is 24.6 Å². The summed E-state index contributed by atoms with van der Waals surface area (Å²) in [6, 6.07) is 5.87. The Bertz CT molecular complexity index is 532. The van der Waals surface area contributed by atoms with Crippen molar-refractivity contribution in [2.75, 3.05) is 13.1 Å². The quantitative estimate of drug-likeness (QED) is 0.750. The SMILES string of the molecule is CCCCNC(=O)CNS(=O)(=O)c1cccc(Cl)c1. The van der Waals surface area contributed by atoms with Gasteiger partial charge in [-0.15, -0.1) is 0 Å². The highest BCUT2D eigenvalue weighted by Crippen LogP contribution is 2.14. The largest absolute Gasteiger partial charge is 0.355 e. The summed E-state index contributed by atoms with van der Waals surface area (Å²) in [5, 5.41) is 2.96. The van der Waals surface area contributed by atoms with Crippen LogP contribution in [-0.4, -0.2) is 27.4 Å². The van der Waals surface area contributed by atoms with Crippen molar-refractivity contribution < 1.29 is 13.2 Å². The van der Waals surface area contributed by atoms with Gasteiger partial charge in [-0.25, -0.2) is 13.1 Å². The van der Waals surface area contributed by atoms with E-state index in [2.05, 4.69) is 10.0 Å². The number of hydrogen-bond acceptors (Lipinski definition) is 3. The number of benzene rings is 1. The molecule has 1 amide bonds. The third-order valence-corrected chi connectivity index (χ3v) is 4.02. The molecule has 0 aromatic heterocycles. The van der Waals surface area contributed by atoms with Crippen molar-refractivity contribution in [3.05, 3.63) is 29.3 Å².